The molecule has 0 saturated heterocycles. The maximum atomic E-state index is 13.4. The minimum absolute atomic E-state index is 0.336. The Labute approximate surface area is 119 Å². The van der Waals surface area contributed by atoms with Gasteiger partial charge in [0.05, 0.1) is 19.3 Å². The van der Waals surface area contributed by atoms with E-state index in [4.69, 9.17) is 9.47 Å². The Morgan fingerprint density at radius 1 is 1.20 bits per heavy atom. The number of benzene rings is 1. The third-order valence-corrected chi connectivity index (χ3v) is 2.93. The van der Waals surface area contributed by atoms with Crippen molar-refractivity contribution in [2.45, 2.75) is 18.9 Å². The molecule has 5 heteroatoms. The predicted octanol–water partition coefficient (Wildman–Crippen LogP) is 1.89. The summed E-state index contributed by atoms with van der Waals surface area (Å²) in [5, 5.41) is 13.0. The lowest BCUT2D eigenvalue weighted by molar-refractivity contribution is 0.0687. The Bertz CT molecular complexity index is 363. The molecule has 0 fully saturated rings. The number of methoxy groups -OCH3 is 1. The molecule has 0 aliphatic carbocycles. The standard InChI is InChI=1S/C15H24FNO3/c1-19-10-11-20-9-5-4-8-17-12-15(18)13-6-2-3-7-14(13)16/h2-3,6-7,15,17-18H,4-5,8-12H2,1H3. The molecule has 0 aliphatic heterocycles. The van der Waals surface area contributed by atoms with E-state index < -0.39 is 6.10 Å². The number of hydrogen-bond donors (Lipinski definition) is 2. The highest BCUT2D eigenvalue weighted by atomic mass is 19.1. The highest BCUT2D eigenvalue weighted by Gasteiger charge is 2.10. The molecule has 4 nitrogen and oxygen atoms in total. The molecule has 1 rings (SSSR count). The van der Waals surface area contributed by atoms with Gasteiger partial charge in [-0.05, 0) is 25.5 Å². The van der Waals surface area contributed by atoms with Gasteiger partial charge >= 0.3 is 0 Å². The number of rotatable bonds is 11. The molecular weight excluding hydrogens is 261 g/mol. The Balaban J connectivity index is 2.03. The zero-order valence-electron chi connectivity index (χ0n) is 12.0. The molecular formula is C15H24FNO3. The van der Waals surface area contributed by atoms with Crippen LogP contribution < -0.4 is 5.32 Å². The van der Waals surface area contributed by atoms with Gasteiger partial charge in [0, 0.05) is 25.8 Å². The maximum Gasteiger partial charge on any atom is 0.129 e. The molecule has 1 atom stereocenters. The van der Waals surface area contributed by atoms with Crippen LogP contribution in [0.2, 0.25) is 0 Å². The number of unbranched alkanes of at least 4 members (excludes halogenated alkanes) is 1. The first-order valence-corrected chi connectivity index (χ1v) is 6.95. The SMILES string of the molecule is COCCOCCCCNCC(O)c1ccccc1F. The van der Waals surface area contributed by atoms with Gasteiger partial charge < -0.3 is 19.9 Å². The minimum atomic E-state index is -0.811. The fourth-order valence-corrected chi connectivity index (χ4v) is 1.79. The molecule has 2 N–H and O–H groups in total. The Hall–Kier alpha value is -1.01. The van der Waals surface area contributed by atoms with Crippen molar-refractivity contribution >= 4 is 0 Å². The van der Waals surface area contributed by atoms with Gasteiger partial charge in [0.25, 0.3) is 0 Å². The van der Waals surface area contributed by atoms with E-state index >= 15 is 0 Å². The zero-order valence-corrected chi connectivity index (χ0v) is 12.0. The molecule has 114 valence electrons. The molecule has 20 heavy (non-hydrogen) atoms. The summed E-state index contributed by atoms with van der Waals surface area (Å²) in [6, 6.07) is 6.29. The molecule has 1 aromatic carbocycles. The van der Waals surface area contributed by atoms with Crippen LogP contribution in [-0.4, -0.2) is 45.1 Å². The molecule has 0 aromatic heterocycles. The molecule has 0 aliphatic rings. The number of aliphatic hydroxyl groups excluding tert-OH is 1. The molecule has 1 unspecified atom stereocenters. The van der Waals surface area contributed by atoms with Crippen molar-refractivity contribution in [2.75, 3.05) is 40.0 Å². The van der Waals surface area contributed by atoms with Gasteiger partial charge in [0.2, 0.25) is 0 Å². The van der Waals surface area contributed by atoms with Crippen molar-refractivity contribution in [3.63, 3.8) is 0 Å². The quantitative estimate of drug-likeness (QED) is 0.610. The van der Waals surface area contributed by atoms with Gasteiger partial charge in [-0.1, -0.05) is 18.2 Å². The van der Waals surface area contributed by atoms with Crippen LogP contribution in [0, 0.1) is 5.82 Å². The minimum Gasteiger partial charge on any atom is -0.387 e. The number of halogens is 1. The van der Waals surface area contributed by atoms with Crippen molar-refractivity contribution in [3.8, 4) is 0 Å². The molecule has 0 radical (unpaired) electrons. The van der Waals surface area contributed by atoms with Crippen molar-refractivity contribution in [2.24, 2.45) is 0 Å². The van der Waals surface area contributed by atoms with E-state index in [-0.39, 0.29) is 5.82 Å². The highest BCUT2D eigenvalue weighted by molar-refractivity contribution is 5.19. The first-order chi connectivity index (χ1) is 9.75. The summed E-state index contributed by atoms with van der Waals surface area (Å²) in [6.45, 7) is 3.08. The Morgan fingerprint density at radius 2 is 2.00 bits per heavy atom. The van der Waals surface area contributed by atoms with Gasteiger partial charge in [0.1, 0.15) is 5.82 Å². The molecule has 1 aromatic rings. The van der Waals surface area contributed by atoms with E-state index in [1.54, 1.807) is 25.3 Å². The van der Waals surface area contributed by atoms with Gasteiger partial charge in [-0.3, -0.25) is 0 Å². The van der Waals surface area contributed by atoms with Crippen molar-refractivity contribution < 1.29 is 19.0 Å². The number of aliphatic hydroxyl groups is 1. The molecule has 0 saturated carbocycles. The highest BCUT2D eigenvalue weighted by Crippen LogP contribution is 2.15. The van der Waals surface area contributed by atoms with Crippen LogP contribution in [0.4, 0.5) is 4.39 Å². The average molecular weight is 285 g/mol. The lowest BCUT2D eigenvalue weighted by atomic mass is 10.1. The summed E-state index contributed by atoms with van der Waals surface area (Å²) in [6.07, 6.45) is 1.10. The summed E-state index contributed by atoms with van der Waals surface area (Å²) < 4.78 is 23.6. The molecule has 0 heterocycles. The summed E-state index contributed by atoms with van der Waals surface area (Å²) in [5.74, 6) is -0.367. The van der Waals surface area contributed by atoms with Crippen LogP contribution in [-0.2, 0) is 9.47 Å². The summed E-state index contributed by atoms with van der Waals surface area (Å²) in [5.41, 5.74) is 0.336. The number of ether oxygens (including phenoxy) is 2. The topological polar surface area (TPSA) is 50.7 Å². The van der Waals surface area contributed by atoms with Crippen LogP contribution in [0.5, 0.6) is 0 Å². The average Bonchev–Trinajstić information content (AvgIpc) is 2.46. The fourth-order valence-electron chi connectivity index (χ4n) is 1.79. The monoisotopic (exact) mass is 285 g/mol. The second kappa shape index (κ2) is 10.7. The van der Waals surface area contributed by atoms with Crippen molar-refractivity contribution in [3.05, 3.63) is 35.6 Å². The summed E-state index contributed by atoms with van der Waals surface area (Å²) >= 11 is 0. The third kappa shape index (κ3) is 6.96. The maximum absolute atomic E-state index is 13.4. The molecule has 0 bridgehead atoms. The van der Waals surface area contributed by atoms with E-state index in [2.05, 4.69) is 5.32 Å². The smallest absolute Gasteiger partial charge is 0.129 e. The van der Waals surface area contributed by atoms with Crippen LogP contribution >= 0.6 is 0 Å². The van der Waals surface area contributed by atoms with E-state index in [1.807, 2.05) is 0 Å². The van der Waals surface area contributed by atoms with Crippen molar-refractivity contribution in [1.29, 1.82) is 0 Å². The van der Waals surface area contributed by atoms with Gasteiger partial charge in [-0.25, -0.2) is 4.39 Å². The van der Waals surface area contributed by atoms with Crippen LogP contribution in [0.25, 0.3) is 0 Å². The predicted molar refractivity (Wildman–Crippen MR) is 76.2 cm³/mol. The molecule has 0 amide bonds. The lowest BCUT2D eigenvalue weighted by Gasteiger charge is -2.13. The van der Waals surface area contributed by atoms with E-state index in [9.17, 15) is 9.50 Å². The van der Waals surface area contributed by atoms with Gasteiger partial charge in [-0.15, -0.1) is 0 Å². The van der Waals surface area contributed by atoms with Gasteiger partial charge in [0.15, 0.2) is 0 Å². The second-order valence-electron chi connectivity index (χ2n) is 4.55. The first kappa shape index (κ1) is 17.0. The Morgan fingerprint density at radius 3 is 2.75 bits per heavy atom. The van der Waals surface area contributed by atoms with E-state index in [0.29, 0.717) is 31.9 Å². The van der Waals surface area contributed by atoms with Crippen LogP contribution in [0.1, 0.15) is 24.5 Å². The van der Waals surface area contributed by atoms with E-state index in [0.717, 1.165) is 19.4 Å². The van der Waals surface area contributed by atoms with Crippen LogP contribution in [0.3, 0.4) is 0 Å². The number of hydrogen-bond acceptors (Lipinski definition) is 4. The second-order valence-corrected chi connectivity index (χ2v) is 4.55. The number of nitrogens with one attached hydrogen (secondary N) is 1. The lowest BCUT2D eigenvalue weighted by Crippen LogP contribution is -2.23. The fraction of sp³-hybridized carbons (Fsp3) is 0.600. The summed E-state index contributed by atoms with van der Waals surface area (Å²) in [7, 11) is 1.65. The molecule has 0 spiro atoms. The first-order valence-electron chi connectivity index (χ1n) is 6.95. The largest absolute Gasteiger partial charge is 0.387 e. The van der Waals surface area contributed by atoms with Crippen molar-refractivity contribution in [1.82, 2.24) is 5.32 Å². The van der Waals surface area contributed by atoms with E-state index in [1.165, 1.54) is 6.07 Å². The van der Waals surface area contributed by atoms with Crippen LogP contribution in [0.15, 0.2) is 24.3 Å². The normalized spacial score (nSPS) is 12.6. The third-order valence-electron chi connectivity index (χ3n) is 2.93. The Kier molecular flexibility index (Phi) is 9.15. The zero-order chi connectivity index (χ0) is 14.6. The summed E-state index contributed by atoms with van der Waals surface area (Å²) in [4.78, 5) is 0. The van der Waals surface area contributed by atoms with Gasteiger partial charge in [-0.2, -0.15) is 0 Å².